The maximum absolute atomic E-state index is 12.1. The average Bonchev–Trinajstić information content (AvgIpc) is 2.82. The molecule has 19 heavy (non-hydrogen) atoms. The molecule has 8 heteroatoms. The van der Waals surface area contributed by atoms with Crippen LogP contribution in [0.2, 0.25) is 0 Å². The van der Waals surface area contributed by atoms with Crippen LogP contribution in [0, 0.1) is 12.8 Å². The molecule has 0 aromatic carbocycles. The molecule has 1 aromatic heterocycles. The summed E-state index contributed by atoms with van der Waals surface area (Å²) in [6, 6.07) is 1.71. The van der Waals surface area contributed by atoms with Crippen molar-refractivity contribution in [2.45, 2.75) is 26.3 Å². The van der Waals surface area contributed by atoms with Gasteiger partial charge in [-0.15, -0.1) is 0 Å². The second kappa shape index (κ2) is 6.00. The molecule has 1 aliphatic rings. The fourth-order valence-electron chi connectivity index (χ4n) is 2.14. The third kappa shape index (κ3) is 3.75. The van der Waals surface area contributed by atoms with Gasteiger partial charge in [0, 0.05) is 19.2 Å². The lowest BCUT2D eigenvalue weighted by atomic mass is 9.99. The number of nitrogens with zero attached hydrogens (tertiary/aromatic N) is 2. The summed E-state index contributed by atoms with van der Waals surface area (Å²) in [7, 11) is -3.44. The molecule has 1 aromatic rings. The van der Waals surface area contributed by atoms with Gasteiger partial charge in [-0.25, -0.2) is 0 Å². The second-order valence-corrected chi connectivity index (χ2v) is 6.59. The maximum atomic E-state index is 12.1. The van der Waals surface area contributed by atoms with Crippen LogP contribution < -0.4 is 10.5 Å². The Morgan fingerprint density at radius 3 is 2.74 bits per heavy atom. The fourth-order valence-corrected chi connectivity index (χ4v) is 3.35. The Morgan fingerprint density at radius 2 is 2.21 bits per heavy atom. The van der Waals surface area contributed by atoms with Gasteiger partial charge in [0.1, 0.15) is 5.76 Å². The third-order valence-electron chi connectivity index (χ3n) is 3.36. The average molecular weight is 288 g/mol. The van der Waals surface area contributed by atoms with Gasteiger partial charge in [-0.05, 0) is 32.2 Å². The number of rotatable bonds is 5. The van der Waals surface area contributed by atoms with Crippen molar-refractivity contribution in [1.82, 2.24) is 14.2 Å². The number of nitrogens with two attached hydrogens (primary N) is 1. The first-order chi connectivity index (χ1) is 9.01. The van der Waals surface area contributed by atoms with Crippen LogP contribution in [0.3, 0.4) is 0 Å². The van der Waals surface area contributed by atoms with Crippen LogP contribution in [0.1, 0.15) is 24.3 Å². The van der Waals surface area contributed by atoms with E-state index in [0.29, 0.717) is 37.0 Å². The van der Waals surface area contributed by atoms with E-state index in [1.54, 1.807) is 13.0 Å². The van der Waals surface area contributed by atoms with Gasteiger partial charge in [0.25, 0.3) is 10.2 Å². The topological polar surface area (TPSA) is 101 Å². The van der Waals surface area contributed by atoms with E-state index >= 15 is 0 Å². The molecule has 2 rings (SSSR count). The van der Waals surface area contributed by atoms with Crippen LogP contribution >= 0.6 is 0 Å². The predicted molar refractivity (Wildman–Crippen MR) is 70.4 cm³/mol. The molecule has 1 fully saturated rings. The molecule has 0 spiro atoms. The van der Waals surface area contributed by atoms with Gasteiger partial charge in [0.05, 0.1) is 12.2 Å². The van der Waals surface area contributed by atoms with Crippen LogP contribution in [-0.4, -0.2) is 37.5 Å². The van der Waals surface area contributed by atoms with Gasteiger partial charge in [-0.1, -0.05) is 5.16 Å². The zero-order valence-electron chi connectivity index (χ0n) is 11.0. The summed E-state index contributed by atoms with van der Waals surface area (Å²) in [4.78, 5) is 0. The van der Waals surface area contributed by atoms with Crippen molar-refractivity contribution in [3.63, 3.8) is 0 Å². The Labute approximate surface area is 113 Å². The molecule has 0 aliphatic carbocycles. The Hall–Kier alpha value is -0.960. The summed E-state index contributed by atoms with van der Waals surface area (Å²) >= 11 is 0. The first-order valence-corrected chi connectivity index (χ1v) is 7.82. The maximum Gasteiger partial charge on any atom is 0.279 e. The molecule has 0 atom stereocenters. The highest BCUT2D eigenvalue weighted by atomic mass is 32.2. The first-order valence-electron chi connectivity index (χ1n) is 6.38. The smallest absolute Gasteiger partial charge is 0.279 e. The van der Waals surface area contributed by atoms with Crippen molar-refractivity contribution in [3.8, 4) is 0 Å². The molecule has 0 bridgehead atoms. The number of hydrogen-bond donors (Lipinski definition) is 2. The Morgan fingerprint density at radius 1 is 1.53 bits per heavy atom. The summed E-state index contributed by atoms with van der Waals surface area (Å²) in [5, 5.41) is 3.75. The molecule has 0 saturated carbocycles. The SMILES string of the molecule is Cc1cc(CNS(=O)(=O)N2CCC(CN)CC2)no1. The summed E-state index contributed by atoms with van der Waals surface area (Å²) in [5.74, 6) is 1.10. The van der Waals surface area contributed by atoms with Gasteiger partial charge in [0.15, 0.2) is 0 Å². The molecule has 0 unspecified atom stereocenters. The van der Waals surface area contributed by atoms with Crippen molar-refractivity contribution >= 4 is 10.2 Å². The molecule has 2 heterocycles. The minimum atomic E-state index is -3.44. The van der Waals surface area contributed by atoms with Gasteiger partial charge >= 0.3 is 0 Å². The largest absolute Gasteiger partial charge is 0.361 e. The van der Waals surface area contributed by atoms with E-state index < -0.39 is 10.2 Å². The molecular weight excluding hydrogens is 268 g/mol. The number of piperidine rings is 1. The van der Waals surface area contributed by atoms with E-state index in [1.807, 2.05) is 0 Å². The molecule has 1 saturated heterocycles. The molecule has 0 radical (unpaired) electrons. The molecule has 1 aliphatic heterocycles. The number of aromatic nitrogens is 1. The first kappa shape index (κ1) is 14.4. The molecule has 0 amide bonds. The van der Waals surface area contributed by atoms with E-state index in [-0.39, 0.29) is 6.54 Å². The number of hydrogen-bond acceptors (Lipinski definition) is 5. The standard InChI is InChI=1S/C11H20N4O3S/c1-9-6-11(14-18-9)8-13-19(16,17)15-4-2-10(7-12)3-5-15/h6,10,13H,2-5,7-8,12H2,1H3. The van der Waals surface area contributed by atoms with Crippen LogP contribution in [0.4, 0.5) is 0 Å². The van der Waals surface area contributed by atoms with Crippen LogP contribution in [0.15, 0.2) is 10.6 Å². The van der Waals surface area contributed by atoms with E-state index in [9.17, 15) is 8.42 Å². The van der Waals surface area contributed by atoms with Gasteiger partial charge in [-0.2, -0.15) is 17.4 Å². The zero-order valence-corrected chi connectivity index (χ0v) is 11.8. The van der Waals surface area contributed by atoms with Gasteiger partial charge in [0.2, 0.25) is 0 Å². The van der Waals surface area contributed by atoms with E-state index in [4.69, 9.17) is 10.3 Å². The summed E-state index contributed by atoms with van der Waals surface area (Å²) in [6.45, 7) is 3.59. The normalized spacial score (nSPS) is 18.8. The monoisotopic (exact) mass is 288 g/mol. The highest BCUT2D eigenvalue weighted by Crippen LogP contribution is 2.17. The molecule has 7 nitrogen and oxygen atoms in total. The Balaban J connectivity index is 1.88. The second-order valence-electron chi connectivity index (χ2n) is 4.83. The number of nitrogens with one attached hydrogen (secondary N) is 1. The predicted octanol–water partition coefficient (Wildman–Crippen LogP) is -0.0119. The van der Waals surface area contributed by atoms with E-state index in [2.05, 4.69) is 9.88 Å². The van der Waals surface area contributed by atoms with Crippen LogP contribution in [-0.2, 0) is 16.8 Å². The Kier molecular flexibility index (Phi) is 4.56. The van der Waals surface area contributed by atoms with Crippen molar-refractivity contribution in [1.29, 1.82) is 0 Å². The minimum absolute atomic E-state index is 0.149. The highest BCUT2D eigenvalue weighted by Gasteiger charge is 2.27. The zero-order chi connectivity index (χ0) is 13.9. The van der Waals surface area contributed by atoms with Crippen molar-refractivity contribution in [2.75, 3.05) is 19.6 Å². The summed E-state index contributed by atoms with van der Waals surface area (Å²) in [6.07, 6.45) is 1.64. The molecular formula is C11H20N4O3S. The Bertz CT molecular complexity index is 506. The van der Waals surface area contributed by atoms with Crippen LogP contribution in [0.25, 0.3) is 0 Å². The quantitative estimate of drug-likeness (QED) is 0.793. The lowest BCUT2D eigenvalue weighted by Crippen LogP contribution is -2.45. The van der Waals surface area contributed by atoms with Crippen molar-refractivity contribution < 1.29 is 12.9 Å². The van der Waals surface area contributed by atoms with Crippen molar-refractivity contribution in [2.24, 2.45) is 11.7 Å². The minimum Gasteiger partial charge on any atom is -0.361 e. The van der Waals surface area contributed by atoms with E-state index in [1.165, 1.54) is 4.31 Å². The van der Waals surface area contributed by atoms with Crippen molar-refractivity contribution in [3.05, 3.63) is 17.5 Å². The molecule has 108 valence electrons. The summed E-state index contributed by atoms with van der Waals surface area (Å²) < 4.78 is 33.1. The van der Waals surface area contributed by atoms with E-state index in [0.717, 1.165) is 12.8 Å². The van der Waals surface area contributed by atoms with Gasteiger partial charge in [-0.3, -0.25) is 0 Å². The highest BCUT2D eigenvalue weighted by molar-refractivity contribution is 7.87. The lowest BCUT2D eigenvalue weighted by molar-refractivity contribution is 0.275. The molecule has 3 N–H and O–H groups in total. The van der Waals surface area contributed by atoms with Crippen LogP contribution in [0.5, 0.6) is 0 Å². The lowest BCUT2D eigenvalue weighted by Gasteiger charge is -2.30. The van der Waals surface area contributed by atoms with Gasteiger partial charge < -0.3 is 10.3 Å². The summed E-state index contributed by atoms with van der Waals surface area (Å²) in [5.41, 5.74) is 6.17. The number of aryl methyl sites for hydroxylation is 1. The third-order valence-corrected chi connectivity index (χ3v) is 4.91. The fraction of sp³-hybridized carbons (Fsp3) is 0.727.